The van der Waals surface area contributed by atoms with E-state index in [1.807, 2.05) is 0 Å². The summed E-state index contributed by atoms with van der Waals surface area (Å²) in [4.78, 5) is 0. The molecule has 13 heavy (non-hydrogen) atoms. The van der Waals surface area contributed by atoms with Crippen LogP contribution in [-0.4, -0.2) is 12.1 Å². The van der Waals surface area contributed by atoms with Gasteiger partial charge in [-0.25, -0.2) is 0 Å². The molecule has 0 amide bonds. The standard InChI is InChI=1S/C12H19N/c1-3-4-9(2)13-12(10-5-6-10)11-7-8-11/h1,9-13H,4-8H2,2H3. The molecule has 0 aromatic rings. The van der Waals surface area contributed by atoms with Gasteiger partial charge in [0.15, 0.2) is 0 Å². The van der Waals surface area contributed by atoms with Crippen molar-refractivity contribution < 1.29 is 0 Å². The maximum absolute atomic E-state index is 5.30. The summed E-state index contributed by atoms with van der Waals surface area (Å²) in [6.07, 6.45) is 11.9. The van der Waals surface area contributed by atoms with Crippen molar-refractivity contribution in [2.75, 3.05) is 0 Å². The van der Waals surface area contributed by atoms with E-state index in [1.54, 1.807) is 0 Å². The molecule has 0 bridgehead atoms. The Morgan fingerprint density at radius 3 is 2.23 bits per heavy atom. The van der Waals surface area contributed by atoms with Crippen LogP contribution in [0.1, 0.15) is 39.0 Å². The normalized spacial score (nSPS) is 24.4. The summed E-state index contributed by atoms with van der Waals surface area (Å²) in [7, 11) is 0. The lowest BCUT2D eigenvalue weighted by atomic mass is 10.1. The van der Waals surface area contributed by atoms with E-state index in [2.05, 4.69) is 18.2 Å². The van der Waals surface area contributed by atoms with Crippen LogP contribution >= 0.6 is 0 Å². The average Bonchev–Trinajstić information content (AvgIpc) is 2.95. The first-order chi connectivity index (χ1) is 6.31. The van der Waals surface area contributed by atoms with Gasteiger partial charge in [-0.3, -0.25) is 0 Å². The summed E-state index contributed by atoms with van der Waals surface area (Å²) in [6, 6.07) is 1.31. The highest BCUT2D eigenvalue weighted by Crippen LogP contribution is 2.44. The SMILES string of the molecule is C#CCC(C)NC(C1CC1)C1CC1. The quantitative estimate of drug-likeness (QED) is 0.635. The molecule has 0 heterocycles. The average molecular weight is 177 g/mol. The first-order valence-electron chi connectivity index (χ1n) is 5.50. The second-order valence-electron chi connectivity index (χ2n) is 4.68. The highest BCUT2D eigenvalue weighted by molar-refractivity contribution is 4.98. The van der Waals surface area contributed by atoms with Gasteiger partial charge in [0.2, 0.25) is 0 Å². The molecule has 2 fully saturated rings. The Kier molecular flexibility index (Phi) is 2.60. The molecule has 0 saturated heterocycles. The minimum atomic E-state index is 0.510. The summed E-state index contributed by atoms with van der Waals surface area (Å²) in [5, 5.41) is 3.70. The van der Waals surface area contributed by atoms with Gasteiger partial charge in [-0.15, -0.1) is 12.3 Å². The monoisotopic (exact) mass is 177 g/mol. The number of terminal acetylenes is 1. The van der Waals surface area contributed by atoms with Crippen LogP contribution in [0.3, 0.4) is 0 Å². The summed E-state index contributed by atoms with van der Waals surface area (Å²) in [5.74, 6) is 4.69. The summed E-state index contributed by atoms with van der Waals surface area (Å²) >= 11 is 0. The van der Waals surface area contributed by atoms with Crippen LogP contribution in [0.15, 0.2) is 0 Å². The topological polar surface area (TPSA) is 12.0 Å². The number of hydrogen-bond acceptors (Lipinski definition) is 1. The van der Waals surface area contributed by atoms with E-state index >= 15 is 0 Å². The van der Waals surface area contributed by atoms with E-state index in [4.69, 9.17) is 6.42 Å². The second-order valence-corrected chi connectivity index (χ2v) is 4.68. The Balaban J connectivity index is 1.79. The first kappa shape index (κ1) is 9.09. The molecule has 2 aliphatic carbocycles. The maximum atomic E-state index is 5.30. The highest BCUT2D eigenvalue weighted by Gasteiger charge is 2.41. The molecule has 2 rings (SSSR count). The molecule has 1 heteroatoms. The number of hydrogen-bond donors (Lipinski definition) is 1. The van der Waals surface area contributed by atoms with Crippen LogP contribution < -0.4 is 5.32 Å². The molecule has 0 spiro atoms. The van der Waals surface area contributed by atoms with Crippen LogP contribution in [0, 0.1) is 24.2 Å². The van der Waals surface area contributed by atoms with E-state index < -0.39 is 0 Å². The molecule has 0 aliphatic heterocycles. The maximum Gasteiger partial charge on any atom is 0.0238 e. The fourth-order valence-electron chi connectivity index (χ4n) is 2.13. The largest absolute Gasteiger partial charge is 0.310 e. The first-order valence-corrected chi connectivity index (χ1v) is 5.50. The molecule has 0 aromatic heterocycles. The lowest BCUT2D eigenvalue weighted by Crippen LogP contribution is -2.39. The third-order valence-electron chi connectivity index (χ3n) is 3.16. The van der Waals surface area contributed by atoms with Gasteiger partial charge in [0, 0.05) is 18.5 Å². The fraction of sp³-hybridized carbons (Fsp3) is 0.833. The molecule has 72 valence electrons. The molecule has 0 radical (unpaired) electrons. The smallest absolute Gasteiger partial charge is 0.0238 e. The molecule has 1 N–H and O–H groups in total. The van der Waals surface area contributed by atoms with Crippen molar-refractivity contribution in [1.29, 1.82) is 0 Å². The van der Waals surface area contributed by atoms with Crippen molar-refractivity contribution in [2.24, 2.45) is 11.8 Å². The Labute approximate surface area is 81.3 Å². The van der Waals surface area contributed by atoms with Crippen molar-refractivity contribution in [1.82, 2.24) is 5.32 Å². The van der Waals surface area contributed by atoms with E-state index in [9.17, 15) is 0 Å². The predicted molar refractivity (Wildman–Crippen MR) is 55.3 cm³/mol. The molecule has 1 unspecified atom stereocenters. The van der Waals surface area contributed by atoms with Crippen molar-refractivity contribution in [2.45, 2.75) is 51.1 Å². The Morgan fingerprint density at radius 1 is 1.31 bits per heavy atom. The third kappa shape index (κ3) is 2.48. The zero-order valence-electron chi connectivity index (χ0n) is 8.42. The van der Waals surface area contributed by atoms with Crippen molar-refractivity contribution in [3.05, 3.63) is 0 Å². The zero-order chi connectivity index (χ0) is 9.26. The fourth-order valence-corrected chi connectivity index (χ4v) is 2.13. The van der Waals surface area contributed by atoms with Crippen molar-refractivity contribution in [3.63, 3.8) is 0 Å². The van der Waals surface area contributed by atoms with Gasteiger partial charge < -0.3 is 5.32 Å². The lowest BCUT2D eigenvalue weighted by Gasteiger charge is -2.21. The molecule has 1 atom stereocenters. The van der Waals surface area contributed by atoms with Crippen LogP contribution in [0.25, 0.3) is 0 Å². The van der Waals surface area contributed by atoms with Crippen LogP contribution in [0.5, 0.6) is 0 Å². The minimum absolute atomic E-state index is 0.510. The molecule has 2 saturated carbocycles. The van der Waals surface area contributed by atoms with Crippen molar-refractivity contribution >= 4 is 0 Å². The Bertz CT molecular complexity index is 196. The van der Waals surface area contributed by atoms with Crippen LogP contribution in [0.2, 0.25) is 0 Å². The highest BCUT2D eigenvalue weighted by atomic mass is 15.0. The van der Waals surface area contributed by atoms with E-state index in [-0.39, 0.29) is 0 Å². The molecule has 0 aromatic carbocycles. The summed E-state index contributed by atoms with van der Waals surface area (Å²) < 4.78 is 0. The number of rotatable bonds is 5. The number of nitrogens with one attached hydrogen (secondary N) is 1. The van der Waals surface area contributed by atoms with Gasteiger partial charge in [0.05, 0.1) is 0 Å². The Hall–Kier alpha value is -0.480. The van der Waals surface area contributed by atoms with E-state index in [0.717, 1.165) is 24.3 Å². The van der Waals surface area contributed by atoms with Gasteiger partial charge in [-0.2, -0.15) is 0 Å². The third-order valence-corrected chi connectivity index (χ3v) is 3.16. The zero-order valence-corrected chi connectivity index (χ0v) is 8.42. The summed E-state index contributed by atoms with van der Waals surface area (Å²) in [6.45, 7) is 2.21. The van der Waals surface area contributed by atoms with E-state index in [1.165, 1.54) is 25.7 Å². The van der Waals surface area contributed by atoms with Gasteiger partial charge >= 0.3 is 0 Å². The molecular formula is C12H19N. The van der Waals surface area contributed by atoms with Gasteiger partial charge in [-0.05, 0) is 44.4 Å². The van der Waals surface area contributed by atoms with Crippen molar-refractivity contribution in [3.8, 4) is 12.3 Å². The second kappa shape index (κ2) is 3.72. The van der Waals surface area contributed by atoms with Gasteiger partial charge in [0.1, 0.15) is 0 Å². The lowest BCUT2D eigenvalue weighted by molar-refractivity contribution is 0.375. The van der Waals surface area contributed by atoms with Crippen LogP contribution in [-0.2, 0) is 0 Å². The van der Waals surface area contributed by atoms with Gasteiger partial charge in [0.25, 0.3) is 0 Å². The molecule has 1 nitrogen and oxygen atoms in total. The Morgan fingerprint density at radius 2 is 1.85 bits per heavy atom. The van der Waals surface area contributed by atoms with Crippen LogP contribution in [0.4, 0.5) is 0 Å². The predicted octanol–water partition coefficient (Wildman–Crippen LogP) is 2.18. The van der Waals surface area contributed by atoms with E-state index in [0.29, 0.717) is 6.04 Å². The minimum Gasteiger partial charge on any atom is -0.310 e. The molecule has 2 aliphatic rings. The van der Waals surface area contributed by atoms with Gasteiger partial charge in [-0.1, -0.05) is 0 Å². The summed E-state index contributed by atoms with van der Waals surface area (Å²) in [5.41, 5.74) is 0. The molecular weight excluding hydrogens is 158 g/mol.